The van der Waals surface area contributed by atoms with Crippen molar-refractivity contribution in [3.8, 4) is 11.4 Å². The molecule has 1 aromatic carbocycles. The Hall–Kier alpha value is -1.44. The summed E-state index contributed by atoms with van der Waals surface area (Å²) >= 11 is 13.5. The van der Waals surface area contributed by atoms with Gasteiger partial charge in [0.2, 0.25) is 11.1 Å². The fraction of sp³-hybridized carbons (Fsp3) is 0.500. The Kier molecular flexibility index (Phi) is 6.89. The van der Waals surface area contributed by atoms with E-state index in [-0.39, 0.29) is 11.7 Å². The molecule has 0 aliphatic heterocycles. The third-order valence-corrected chi connectivity index (χ3v) is 6.31. The molecule has 1 saturated carbocycles. The third kappa shape index (κ3) is 4.70. The van der Waals surface area contributed by atoms with E-state index in [2.05, 4.69) is 10.2 Å². The first kappa shape index (κ1) is 20.3. The van der Waals surface area contributed by atoms with Crippen molar-refractivity contribution >= 4 is 40.9 Å². The summed E-state index contributed by atoms with van der Waals surface area (Å²) < 4.78 is 1.37. The molecule has 2 N–H and O–H groups in total. The van der Waals surface area contributed by atoms with E-state index in [0.29, 0.717) is 32.6 Å². The second-order valence-corrected chi connectivity index (χ2v) is 8.35. The topological polar surface area (TPSA) is 77.0 Å². The zero-order valence-corrected chi connectivity index (χ0v) is 17.5. The molecule has 1 aliphatic carbocycles. The SMILES string of the molecule is CCN(C(=O)CSc1nnc(-c2ccc(Cl)cc2Cl)n1N)C1CCCCC1. The van der Waals surface area contributed by atoms with Crippen molar-refractivity contribution in [2.24, 2.45) is 0 Å². The number of nitrogens with zero attached hydrogens (tertiary/aromatic N) is 4. The van der Waals surface area contributed by atoms with Crippen molar-refractivity contribution in [1.29, 1.82) is 0 Å². The Balaban J connectivity index is 1.67. The minimum Gasteiger partial charge on any atom is -0.339 e. The molecule has 1 heterocycles. The highest BCUT2D eigenvalue weighted by molar-refractivity contribution is 7.99. The Labute approximate surface area is 173 Å². The predicted molar refractivity (Wildman–Crippen MR) is 111 cm³/mol. The fourth-order valence-corrected chi connectivity index (χ4v) is 4.71. The van der Waals surface area contributed by atoms with Crippen molar-refractivity contribution in [3.05, 3.63) is 28.2 Å². The lowest BCUT2D eigenvalue weighted by molar-refractivity contribution is -0.131. The molecule has 0 bridgehead atoms. The first-order chi connectivity index (χ1) is 13.0. The van der Waals surface area contributed by atoms with E-state index in [0.717, 1.165) is 19.4 Å². The average molecular weight is 428 g/mol. The number of rotatable bonds is 6. The number of nitrogen functional groups attached to an aromatic ring is 1. The molecular formula is C18H23Cl2N5OS. The number of hydrogen-bond donors (Lipinski definition) is 1. The molecule has 0 radical (unpaired) electrons. The van der Waals surface area contributed by atoms with Crippen molar-refractivity contribution < 1.29 is 4.79 Å². The number of halogens is 2. The summed E-state index contributed by atoms with van der Waals surface area (Å²) in [4.78, 5) is 14.7. The highest BCUT2D eigenvalue weighted by Gasteiger charge is 2.25. The molecule has 1 amide bonds. The number of thioether (sulfide) groups is 1. The van der Waals surface area contributed by atoms with Gasteiger partial charge in [-0.1, -0.05) is 54.2 Å². The Morgan fingerprint density at radius 2 is 2.04 bits per heavy atom. The lowest BCUT2D eigenvalue weighted by Gasteiger charge is -2.33. The van der Waals surface area contributed by atoms with E-state index in [4.69, 9.17) is 29.0 Å². The molecule has 1 fully saturated rings. The molecule has 0 saturated heterocycles. The Morgan fingerprint density at radius 3 is 2.70 bits per heavy atom. The van der Waals surface area contributed by atoms with Gasteiger partial charge in [-0.15, -0.1) is 10.2 Å². The van der Waals surface area contributed by atoms with Crippen LogP contribution in [-0.2, 0) is 4.79 Å². The molecule has 1 aromatic heterocycles. The molecule has 146 valence electrons. The first-order valence-corrected chi connectivity index (χ1v) is 10.8. The fourth-order valence-electron chi connectivity index (χ4n) is 3.47. The van der Waals surface area contributed by atoms with Crippen LogP contribution in [0.4, 0.5) is 0 Å². The number of hydrogen-bond acceptors (Lipinski definition) is 5. The van der Waals surface area contributed by atoms with Crippen LogP contribution in [0.5, 0.6) is 0 Å². The van der Waals surface area contributed by atoms with Crippen LogP contribution in [0.3, 0.4) is 0 Å². The van der Waals surface area contributed by atoms with Crippen molar-refractivity contribution in [2.45, 2.75) is 50.2 Å². The van der Waals surface area contributed by atoms with Gasteiger partial charge in [0.05, 0.1) is 10.8 Å². The van der Waals surface area contributed by atoms with Crippen LogP contribution in [0.25, 0.3) is 11.4 Å². The molecule has 0 atom stereocenters. The maximum atomic E-state index is 12.7. The van der Waals surface area contributed by atoms with Gasteiger partial charge in [-0.25, -0.2) is 4.68 Å². The van der Waals surface area contributed by atoms with Gasteiger partial charge >= 0.3 is 0 Å². The largest absolute Gasteiger partial charge is 0.339 e. The number of carbonyl (C=O) groups excluding carboxylic acids is 1. The monoisotopic (exact) mass is 427 g/mol. The Morgan fingerprint density at radius 1 is 1.30 bits per heavy atom. The summed E-state index contributed by atoms with van der Waals surface area (Å²) in [5.74, 6) is 6.97. The summed E-state index contributed by atoms with van der Waals surface area (Å²) in [6.45, 7) is 2.76. The highest BCUT2D eigenvalue weighted by Crippen LogP contribution is 2.30. The van der Waals surface area contributed by atoms with Gasteiger partial charge in [-0.05, 0) is 38.0 Å². The van der Waals surface area contributed by atoms with E-state index in [1.807, 2.05) is 11.8 Å². The predicted octanol–water partition coefficient (Wildman–Crippen LogP) is 4.24. The van der Waals surface area contributed by atoms with Gasteiger partial charge in [0, 0.05) is 23.2 Å². The van der Waals surface area contributed by atoms with Crippen LogP contribution >= 0.6 is 35.0 Å². The number of nitrogens with two attached hydrogens (primary N) is 1. The summed E-state index contributed by atoms with van der Waals surface area (Å²) in [5.41, 5.74) is 0.645. The second kappa shape index (κ2) is 9.17. The summed E-state index contributed by atoms with van der Waals surface area (Å²) in [7, 11) is 0. The maximum absolute atomic E-state index is 12.7. The quantitative estimate of drug-likeness (QED) is 0.550. The van der Waals surface area contributed by atoms with Crippen LogP contribution in [0.2, 0.25) is 10.0 Å². The molecule has 27 heavy (non-hydrogen) atoms. The van der Waals surface area contributed by atoms with E-state index in [1.54, 1.807) is 18.2 Å². The molecule has 2 aromatic rings. The first-order valence-electron chi connectivity index (χ1n) is 9.09. The van der Waals surface area contributed by atoms with Gasteiger partial charge in [-0.2, -0.15) is 0 Å². The van der Waals surface area contributed by atoms with Crippen molar-refractivity contribution in [1.82, 2.24) is 19.8 Å². The van der Waals surface area contributed by atoms with E-state index >= 15 is 0 Å². The van der Waals surface area contributed by atoms with Gasteiger partial charge in [-0.3, -0.25) is 4.79 Å². The van der Waals surface area contributed by atoms with E-state index in [1.165, 1.54) is 35.7 Å². The average Bonchev–Trinajstić information content (AvgIpc) is 3.02. The lowest BCUT2D eigenvalue weighted by atomic mass is 9.94. The van der Waals surface area contributed by atoms with Crippen LogP contribution < -0.4 is 5.84 Å². The number of amides is 1. The van der Waals surface area contributed by atoms with Crippen molar-refractivity contribution in [3.63, 3.8) is 0 Å². The van der Waals surface area contributed by atoms with Crippen LogP contribution in [0.1, 0.15) is 39.0 Å². The second-order valence-electron chi connectivity index (χ2n) is 6.56. The van der Waals surface area contributed by atoms with Gasteiger partial charge in [0.15, 0.2) is 5.82 Å². The number of carbonyl (C=O) groups is 1. The summed E-state index contributed by atoms with van der Waals surface area (Å²) in [5, 5.41) is 9.70. The molecule has 3 rings (SSSR count). The summed E-state index contributed by atoms with van der Waals surface area (Å²) in [6.07, 6.45) is 5.85. The molecule has 6 nitrogen and oxygen atoms in total. The van der Waals surface area contributed by atoms with E-state index < -0.39 is 0 Å². The molecule has 1 aliphatic rings. The van der Waals surface area contributed by atoms with Gasteiger partial charge in [0.25, 0.3) is 0 Å². The Bertz CT molecular complexity index is 807. The minimum absolute atomic E-state index is 0.114. The molecule has 9 heteroatoms. The molecule has 0 spiro atoms. The zero-order valence-electron chi connectivity index (χ0n) is 15.2. The third-order valence-electron chi connectivity index (χ3n) is 4.84. The van der Waals surface area contributed by atoms with Crippen LogP contribution in [0.15, 0.2) is 23.4 Å². The smallest absolute Gasteiger partial charge is 0.233 e. The summed E-state index contributed by atoms with van der Waals surface area (Å²) in [6, 6.07) is 5.46. The lowest BCUT2D eigenvalue weighted by Crippen LogP contribution is -2.42. The van der Waals surface area contributed by atoms with Gasteiger partial charge in [0.1, 0.15) is 0 Å². The number of benzene rings is 1. The minimum atomic E-state index is 0.114. The van der Waals surface area contributed by atoms with Gasteiger partial charge < -0.3 is 10.7 Å². The molecule has 0 unspecified atom stereocenters. The van der Waals surface area contributed by atoms with E-state index in [9.17, 15) is 4.79 Å². The highest BCUT2D eigenvalue weighted by atomic mass is 35.5. The zero-order chi connectivity index (χ0) is 19.4. The number of aromatic nitrogens is 3. The molecular weight excluding hydrogens is 405 g/mol. The van der Waals surface area contributed by atoms with Crippen LogP contribution in [-0.4, -0.2) is 44.0 Å². The van der Waals surface area contributed by atoms with Crippen LogP contribution in [0, 0.1) is 0 Å². The maximum Gasteiger partial charge on any atom is 0.233 e. The standard InChI is InChI=1S/C18H23Cl2N5OS/c1-2-24(13-6-4-3-5-7-13)16(26)11-27-18-23-22-17(25(18)21)14-9-8-12(19)10-15(14)20/h8-10,13H,2-7,11,21H2,1H3. The normalized spacial score (nSPS) is 15.1. The van der Waals surface area contributed by atoms with Crippen molar-refractivity contribution in [2.75, 3.05) is 18.1 Å².